The molecule has 2 fully saturated rings. The molecule has 0 spiro atoms. The average Bonchev–Trinajstić information content (AvgIpc) is 3.11. The topological polar surface area (TPSA) is 47.6 Å². The normalized spacial score (nSPS) is 23.9. The van der Waals surface area contributed by atoms with Crippen LogP contribution < -0.4 is 15.5 Å². The summed E-state index contributed by atoms with van der Waals surface area (Å²) in [7, 11) is 0. The zero-order valence-corrected chi connectivity index (χ0v) is 15.3. The second-order valence-electron chi connectivity index (χ2n) is 7.29. The molecule has 2 N–H and O–H groups in total. The lowest BCUT2D eigenvalue weighted by atomic mass is 10.1. The number of carbonyl (C=O) groups is 1. The minimum absolute atomic E-state index is 0.112. The zero-order valence-electron chi connectivity index (χ0n) is 15.3. The van der Waals surface area contributed by atoms with Gasteiger partial charge in [0.15, 0.2) is 11.6 Å². The van der Waals surface area contributed by atoms with Gasteiger partial charge in [-0.3, -0.25) is 0 Å². The van der Waals surface area contributed by atoms with Gasteiger partial charge < -0.3 is 20.4 Å². The van der Waals surface area contributed by atoms with Gasteiger partial charge in [-0.15, -0.1) is 0 Å². The van der Waals surface area contributed by atoms with Gasteiger partial charge in [0.1, 0.15) is 0 Å². The number of benzene rings is 1. The Bertz CT molecular complexity index is 628. The van der Waals surface area contributed by atoms with E-state index in [9.17, 15) is 13.6 Å². The van der Waals surface area contributed by atoms with Crippen LogP contribution in [0, 0.1) is 17.6 Å². The number of anilines is 1. The molecule has 2 unspecified atom stereocenters. The fourth-order valence-electron chi connectivity index (χ4n) is 3.85. The number of nitrogens with zero attached hydrogens (tertiary/aromatic N) is 2. The summed E-state index contributed by atoms with van der Waals surface area (Å²) in [5.41, 5.74) is 0.692. The molecule has 0 aromatic heterocycles. The molecule has 0 radical (unpaired) electrons. The second kappa shape index (κ2) is 8.66. The summed E-state index contributed by atoms with van der Waals surface area (Å²) in [4.78, 5) is 16.5. The molecule has 0 bridgehead atoms. The predicted octanol–water partition coefficient (Wildman–Crippen LogP) is 2.57. The van der Waals surface area contributed by atoms with Gasteiger partial charge in [-0.25, -0.2) is 13.6 Å². The second-order valence-corrected chi connectivity index (χ2v) is 7.29. The maximum absolute atomic E-state index is 13.4. The van der Waals surface area contributed by atoms with Crippen LogP contribution in [0.4, 0.5) is 19.3 Å². The molecule has 26 heavy (non-hydrogen) atoms. The van der Waals surface area contributed by atoms with Gasteiger partial charge in [-0.05, 0) is 50.4 Å². The van der Waals surface area contributed by atoms with Crippen molar-refractivity contribution in [2.75, 3.05) is 44.2 Å². The van der Waals surface area contributed by atoms with E-state index in [4.69, 9.17) is 0 Å². The third kappa shape index (κ3) is 4.84. The molecule has 1 aromatic rings. The maximum Gasteiger partial charge on any atom is 0.315 e. The SMILES string of the molecule is CCN1CCCC(NC(=O)NCC2CCN(c3ccc(F)c(F)c3)C2)C1. The summed E-state index contributed by atoms with van der Waals surface area (Å²) in [6.45, 7) is 7.29. The Morgan fingerprint density at radius 1 is 1.19 bits per heavy atom. The van der Waals surface area contributed by atoms with Crippen molar-refractivity contribution < 1.29 is 13.6 Å². The highest BCUT2D eigenvalue weighted by molar-refractivity contribution is 5.74. The molecule has 2 saturated heterocycles. The standard InChI is InChI=1S/C19H28F2N4O/c1-2-24-8-3-4-15(13-24)23-19(26)22-11-14-7-9-25(12-14)16-5-6-17(20)18(21)10-16/h5-6,10,14-15H,2-4,7-9,11-13H2,1H3,(H2,22,23,26). The number of amides is 2. The van der Waals surface area contributed by atoms with Gasteiger partial charge in [-0.2, -0.15) is 0 Å². The monoisotopic (exact) mass is 366 g/mol. The van der Waals surface area contributed by atoms with Crippen LogP contribution >= 0.6 is 0 Å². The van der Waals surface area contributed by atoms with Crippen LogP contribution in [0.3, 0.4) is 0 Å². The van der Waals surface area contributed by atoms with Gasteiger partial charge in [0.25, 0.3) is 0 Å². The summed E-state index contributed by atoms with van der Waals surface area (Å²) < 4.78 is 26.4. The number of nitrogens with one attached hydrogen (secondary N) is 2. The minimum Gasteiger partial charge on any atom is -0.371 e. The first-order chi connectivity index (χ1) is 12.5. The first-order valence-corrected chi connectivity index (χ1v) is 9.52. The summed E-state index contributed by atoms with van der Waals surface area (Å²) in [5.74, 6) is -1.34. The van der Waals surface area contributed by atoms with Crippen LogP contribution in [-0.4, -0.2) is 56.2 Å². The van der Waals surface area contributed by atoms with Crippen LogP contribution in [0.15, 0.2) is 18.2 Å². The zero-order chi connectivity index (χ0) is 18.5. The first-order valence-electron chi connectivity index (χ1n) is 9.52. The van der Waals surface area contributed by atoms with Crippen LogP contribution in [0.25, 0.3) is 0 Å². The quantitative estimate of drug-likeness (QED) is 0.842. The van der Waals surface area contributed by atoms with E-state index in [1.165, 1.54) is 6.07 Å². The van der Waals surface area contributed by atoms with E-state index in [1.54, 1.807) is 6.07 Å². The van der Waals surface area contributed by atoms with Crippen molar-refractivity contribution in [3.8, 4) is 0 Å². The highest BCUT2D eigenvalue weighted by Gasteiger charge is 2.25. The molecule has 2 aliphatic rings. The molecule has 1 aromatic carbocycles. The Kier molecular flexibility index (Phi) is 6.29. The van der Waals surface area contributed by atoms with E-state index < -0.39 is 11.6 Å². The lowest BCUT2D eigenvalue weighted by Crippen LogP contribution is -2.51. The number of rotatable bonds is 5. The van der Waals surface area contributed by atoms with E-state index in [-0.39, 0.29) is 12.1 Å². The fourth-order valence-corrected chi connectivity index (χ4v) is 3.85. The molecular weight excluding hydrogens is 338 g/mol. The Morgan fingerprint density at radius 3 is 2.81 bits per heavy atom. The largest absolute Gasteiger partial charge is 0.371 e. The highest BCUT2D eigenvalue weighted by atomic mass is 19.2. The number of hydrogen-bond acceptors (Lipinski definition) is 3. The maximum atomic E-state index is 13.4. The lowest BCUT2D eigenvalue weighted by Gasteiger charge is -2.32. The molecule has 3 rings (SSSR count). The van der Waals surface area contributed by atoms with E-state index in [2.05, 4.69) is 22.5 Å². The number of hydrogen-bond donors (Lipinski definition) is 2. The van der Waals surface area contributed by atoms with E-state index in [1.807, 2.05) is 4.90 Å². The molecule has 0 aliphatic carbocycles. The summed E-state index contributed by atoms with van der Waals surface area (Å²) in [6.07, 6.45) is 3.06. The van der Waals surface area contributed by atoms with E-state index in [0.29, 0.717) is 18.2 Å². The minimum atomic E-state index is -0.827. The molecule has 2 heterocycles. The van der Waals surface area contributed by atoms with Crippen molar-refractivity contribution in [2.45, 2.75) is 32.2 Å². The number of likely N-dealkylation sites (tertiary alicyclic amines) is 1. The van der Waals surface area contributed by atoms with Gasteiger partial charge in [0.2, 0.25) is 0 Å². The van der Waals surface area contributed by atoms with Gasteiger partial charge in [0.05, 0.1) is 0 Å². The Labute approximate surface area is 153 Å². The van der Waals surface area contributed by atoms with Crippen molar-refractivity contribution in [1.82, 2.24) is 15.5 Å². The van der Waals surface area contributed by atoms with Crippen LogP contribution in [0.1, 0.15) is 26.2 Å². The van der Waals surface area contributed by atoms with Gasteiger partial charge in [0, 0.05) is 44.0 Å². The number of urea groups is 1. The van der Waals surface area contributed by atoms with Crippen molar-refractivity contribution in [2.24, 2.45) is 5.92 Å². The third-order valence-corrected chi connectivity index (χ3v) is 5.39. The Morgan fingerprint density at radius 2 is 2.04 bits per heavy atom. The Hall–Kier alpha value is -1.89. The molecule has 0 saturated carbocycles. The van der Waals surface area contributed by atoms with Crippen LogP contribution in [-0.2, 0) is 0 Å². The van der Waals surface area contributed by atoms with E-state index >= 15 is 0 Å². The lowest BCUT2D eigenvalue weighted by molar-refractivity contribution is 0.192. The third-order valence-electron chi connectivity index (χ3n) is 5.39. The smallest absolute Gasteiger partial charge is 0.315 e. The summed E-state index contributed by atoms with van der Waals surface area (Å²) >= 11 is 0. The number of carbonyl (C=O) groups excluding carboxylic acids is 1. The molecule has 144 valence electrons. The summed E-state index contributed by atoms with van der Waals surface area (Å²) in [6, 6.07) is 4.10. The average molecular weight is 366 g/mol. The van der Waals surface area contributed by atoms with Gasteiger partial charge >= 0.3 is 6.03 Å². The van der Waals surface area contributed by atoms with Gasteiger partial charge in [-0.1, -0.05) is 6.92 Å². The molecule has 5 nitrogen and oxygen atoms in total. The van der Waals surface area contributed by atoms with Crippen molar-refractivity contribution in [3.05, 3.63) is 29.8 Å². The van der Waals surface area contributed by atoms with Crippen molar-refractivity contribution in [3.63, 3.8) is 0 Å². The number of halogens is 2. The molecule has 2 aliphatic heterocycles. The summed E-state index contributed by atoms with van der Waals surface area (Å²) in [5, 5.41) is 6.04. The first kappa shape index (κ1) is 18.9. The molecular formula is C19H28F2N4O. The number of piperidine rings is 1. The van der Waals surface area contributed by atoms with E-state index in [0.717, 1.165) is 58.1 Å². The van der Waals surface area contributed by atoms with Crippen molar-refractivity contribution >= 4 is 11.7 Å². The molecule has 2 atom stereocenters. The number of likely N-dealkylation sites (N-methyl/N-ethyl adjacent to an activating group) is 1. The fraction of sp³-hybridized carbons (Fsp3) is 0.632. The molecule has 2 amide bonds. The van der Waals surface area contributed by atoms with Crippen LogP contribution in [0.5, 0.6) is 0 Å². The highest BCUT2D eigenvalue weighted by Crippen LogP contribution is 2.25. The molecule has 7 heteroatoms. The Balaban J connectivity index is 1.41. The predicted molar refractivity (Wildman–Crippen MR) is 98.3 cm³/mol. The van der Waals surface area contributed by atoms with Crippen LogP contribution in [0.2, 0.25) is 0 Å². The van der Waals surface area contributed by atoms with Crippen molar-refractivity contribution in [1.29, 1.82) is 0 Å².